The van der Waals surface area contributed by atoms with Crippen LogP contribution in [0.3, 0.4) is 0 Å². The summed E-state index contributed by atoms with van der Waals surface area (Å²) in [5.74, 6) is -3.08. The monoisotopic (exact) mass is 404 g/mol. The lowest BCUT2D eigenvalue weighted by atomic mass is 10.1. The molecule has 0 aliphatic heterocycles. The summed E-state index contributed by atoms with van der Waals surface area (Å²) in [5, 5.41) is 1.18. The van der Waals surface area contributed by atoms with Gasteiger partial charge in [-0.15, -0.1) is 0 Å². The Morgan fingerprint density at radius 3 is 1.80 bits per heavy atom. The molecule has 0 unspecified atom stereocenters. The van der Waals surface area contributed by atoms with E-state index in [0.717, 1.165) is 12.1 Å². The fourth-order valence-electron chi connectivity index (χ4n) is 2.96. The SMILES string of the molecule is O=C(Oc1cc(OC(=O)c2ccccc2F)c2ccccc2c1)c1ccccc1F. The van der Waals surface area contributed by atoms with Crippen LogP contribution >= 0.6 is 0 Å². The van der Waals surface area contributed by atoms with Crippen LogP contribution in [0.15, 0.2) is 84.9 Å². The number of benzene rings is 4. The lowest BCUT2D eigenvalue weighted by Gasteiger charge is -2.12. The molecule has 4 rings (SSSR count). The van der Waals surface area contributed by atoms with Crippen LogP contribution in [0.1, 0.15) is 20.7 Å². The maximum Gasteiger partial charge on any atom is 0.346 e. The molecule has 0 N–H and O–H groups in total. The molecule has 4 aromatic carbocycles. The van der Waals surface area contributed by atoms with E-state index in [1.807, 2.05) is 0 Å². The third kappa shape index (κ3) is 3.89. The van der Waals surface area contributed by atoms with Gasteiger partial charge in [0.1, 0.15) is 23.1 Å². The third-order valence-electron chi connectivity index (χ3n) is 4.40. The van der Waals surface area contributed by atoms with Gasteiger partial charge in [-0.2, -0.15) is 0 Å². The van der Waals surface area contributed by atoms with Gasteiger partial charge in [-0.1, -0.05) is 48.5 Å². The number of hydrogen-bond acceptors (Lipinski definition) is 4. The van der Waals surface area contributed by atoms with Crippen LogP contribution in [-0.2, 0) is 0 Å². The zero-order valence-electron chi connectivity index (χ0n) is 15.5. The molecule has 0 saturated carbocycles. The number of fused-ring (bicyclic) bond motifs is 1. The van der Waals surface area contributed by atoms with E-state index in [-0.39, 0.29) is 22.6 Å². The molecule has 4 nitrogen and oxygen atoms in total. The average Bonchev–Trinajstić information content (AvgIpc) is 2.74. The summed E-state index contributed by atoms with van der Waals surface area (Å²) in [6, 6.07) is 20.7. The van der Waals surface area contributed by atoms with Crippen LogP contribution in [0, 0.1) is 11.6 Å². The quantitative estimate of drug-likeness (QED) is 0.330. The van der Waals surface area contributed by atoms with E-state index in [1.54, 1.807) is 30.3 Å². The molecule has 0 saturated heterocycles. The Hall–Kier alpha value is -4.06. The number of hydrogen-bond donors (Lipinski definition) is 0. The first-order valence-corrected chi connectivity index (χ1v) is 8.99. The van der Waals surface area contributed by atoms with E-state index in [9.17, 15) is 18.4 Å². The van der Waals surface area contributed by atoms with E-state index in [1.165, 1.54) is 42.5 Å². The van der Waals surface area contributed by atoms with Gasteiger partial charge in [0, 0.05) is 11.5 Å². The number of esters is 2. The van der Waals surface area contributed by atoms with Gasteiger partial charge in [0.15, 0.2) is 0 Å². The van der Waals surface area contributed by atoms with E-state index in [0.29, 0.717) is 10.8 Å². The fourth-order valence-corrected chi connectivity index (χ4v) is 2.96. The van der Waals surface area contributed by atoms with Crippen LogP contribution in [-0.4, -0.2) is 11.9 Å². The van der Waals surface area contributed by atoms with Gasteiger partial charge >= 0.3 is 11.9 Å². The maximum absolute atomic E-state index is 13.9. The molecule has 0 amide bonds. The summed E-state index contributed by atoms with van der Waals surface area (Å²) in [5.41, 5.74) is -0.453. The third-order valence-corrected chi connectivity index (χ3v) is 4.40. The summed E-state index contributed by atoms with van der Waals surface area (Å²) in [6.07, 6.45) is 0. The van der Waals surface area contributed by atoms with Crippen molar-refractivity contribution in [3.05, 3.63) is 108 Å². The highest BCUT2D eigenvalue weighted by atomic mass is 19.1. The molecule has 0 fully saturated rings. The van der Waals surface area contributed by atoms with Gasteiger partial charge in [-0.25, -0.2) is 18.4 Å². The Labute approximate surface area is 170 Å². The van der Waals surface area contributed by atoms with E-state index >= 15 is 0 Å². The molecular weight excluding hydrogens is 390 g/mol. The Morgan fingerprint density at radius 1 is 0.633 bits per heavy atom. The van der Waals surface area contributed by atoms with Crippen molar-refractivity contribution >= 4 is 22.7 Å². The first-order chi connectivity index (χ1) is 14.5. The molecule has 0 spiro atoms. The van der Waals surface area contributed by atoms with Crippen LogP contribution in [0.25, 0.3) is 10.8 Å². The van der Waals surface area contributed by atoms with E-state index in [4.69, 9.17) is 9.47 Å². The van der Waals surface area contributed by atoms with Crippen molar-refractivity contribution in [2.75, 3.05) is 0 Å². The Balaban J connectivity index is 1.69. The van der Waals surface area contributed by atoms with Crippen molar-refractivity contribution in [1.29, 1.82) is 0 Å². The van der Waals surface area contributed by atoms with Gasteiger partial charge < -0.3 is 9.47 Å². The van der Waals surface area contributed by atoms with Crippen molar-refractivity contribution in [3.63, 3.8) is 0 Å². The Morgan fingerprint density at radius 2 is 1.17 bits per heavy atom. The van der Waals surface area contributed by atoms with Crippen molar-refractivity contribution in [2.45, 2.75) is 0 Å². The molecule has 0 aliphatic rings. The van der Waals surface area contributed by atoms with Gasteiger partial charge in [0.2, 0.25) is 0 Å². The first kappa shape index (κ1) is 19.3. The number of carbonyl (C=O) groups excluding carboxylic acids is 2. The van der Waals surface area contributed by atoms with Crippen molar-refractivity contribution < 1.29 is 27.8 Å². The fraction of sp³-hybridized carbons (Fsp3) is 0. The minimum absolute atomic E-state index is 0.0540. The van der Waals surface area contributed by atoms with Gasteiger partial charge in [0.25, 0.3) is 0 Å². The molecule has 148 valence electrons. The van der Waals surface area contributed by atoms with E-state index in [2.05, 4.69) is 0 Å². The molecule has 30 heavy (non-hydrogen) atoms. The molecule has 0 heterocycles. The summed E-state index contributed by atoms with van der Waals surface area (Å²) in [6.45, 7) is 0. The highest BCUT2D eigenvalue weighted by Gasteiger charge is 2.18. The van der Waals surface area contributed by atoms with Gasteiger partial charge in [0.05, 0.1) is 11.1 Å². The van der Waals surface area contributed by atoms with Gasteiger partial charge in [-0.3, -0.25) is 0 Å². The summed E-state index contributed by atoms with van der Waals surface area (Å²) in [4.78, 5) is 24.8. The predicted octanol–water partition coefficient (Wildman–Crippen LogP) is 5.56. The lowest BCUT2D eigenvalue weighted by molar-refractivity contribution is 0.0729. The highest BCUT2D eigenvalue weighted by Crippen LogP contribution is 2.32. The first-order valence-electron chi connectivity index (χ1n) is 8.99. The predicted molar refractivity (Wildman–Crippen MR) is 107 cm³/mol. The number of halogens is 2. The van der Waals surface area contributed by atoms with Crippen LogP contribution in [0.4, 0.5) is 8.78 Å². The number of carbonyl (C=O) groups is 2. The van der Waals surface area contributed by atoms with Crippen LogP contribution < -0.4 is 9.47 Å². The average molecular weight is 404 g/mol. The zero-order chi connectivity index (χ0) is 21.1. The van der Waals surface area contributed by atoms with Gasteiger partial charge in [-0.05, 0) is 35.7 Å². The smallest absolute Gasteiger partial charge is 0.346 e. The molecular formula is C24H14F2O4. The second-order valence-electron chi connectivity index (χ2n) is 6.38. The summed E-state index contributed by atoms with van der Waals surface area (Å²) < 4.78 is 38.5. The molecule has 0 aliphatic carbocycles. The molecule has 0 atom stereocenters. The number of ether oxygens (including phenoxy) is 2. The largest absolute Gasteiger partial charge is 0.423 e. The van der Waals surface area contributed by atoms with Crippen LogP contribution in [0.5, 0.6) is 11.5 Å². The van der Waals surface area contributed by atoms with Crippen molar-refractivity contribution in [2.24, 2.45) is 0 Å². The molecule has 0 bridgehead atoms. The van der Waals surface area contributed by atoms with Crippen molar-refractivity contribution in [1.82, 2.24) is 0 Å². The second-order valence-corrected chi connectivity index (χ2v) is 6.38. The van der Waals surface area contributed by atoms with Crippen molar-refractivity contribution in [3.8, 4) is 11.5 Å². The molecule has 6 heteroatoms. The minimum Gasteiger partial charge on any atom is -0.423 e. The zero-order valence-corrected chi connectivity index (χ0v) is 15.5. The molecule has 4 aromatic rings. The van der Waals surface area contributed by atoms with E-state index < -0.39 is 23.6 Å². The molecule has 0 radical (unpaired) electrons. The Bertz CT molecular complexity index is 1270. The van der Waals surface area contributed by atoms with Crippen LogP contribution in [0.2, 0.25) is 0 Å². The lowest BCUT2D eigenvalue weighted by Crippen LogP contribution is -2.12. The normalized spacial score (nSPS) is 10.6. The standard InChI is InChI=1S/C24H14F2O4/c25-20-11-5-3-9-18(20)23(27)29-16-13-15-7-1-2-8-17(15)22(14-16)30-24(28)19-10-4-6-12-21(19)26/h1-14H. The molecule has 0 aromatic heterocycles. The summed E-state index contributed by atoms with van der Waals surface area (Å²) >= 11 is 0. The maximum atomic E-state index is 13.9. The second kappa shape index (κ2) is 8.13. The topological polar surface area (TPSA) is 52.6 Å². The highest BCUT2D eigenvalue weighted by molar-refractivity contribution is 5.97. The number of rotatable bonds is 4. The minimum atomic E-state index is -0.894. The summed E-state index contributed by atoms with van der Waals surface area (Å²) in [7, 11) is 0. The Kier molecular flexibility index (Phi) is 5.22.